The molecule has 4 rings (SSSR count). The Kier molecular flexibility index (Phi) is 6.22. The zero-order valence-electron chi connectivity index (χ0n) is 20.6. The molecule has 10 heteroatoms. The number of alkyl halides is 2. The molecule has 2 aromatic rings. The van der Waals surface area contributed by atoms with Crippen molar-refractivity contribution in [3.63, 3.8) is 0 Å². The van der Waals surface area contributed by atoms with Gasteiger partial charge in [0.15, 0.2) is 0 Å². The molecular weight excluding hydrogens is 438 g/mol. The molecule has 184 valence electrons. The smallest absolute Gasteiger partial charge is 0.290 e. The van der Waals surface area contributed by atoms with Crippen molar-refractivity contribution in [2.45, 2.75) is 83.5 Å². The van der Waals surface area contributed by atoms with E-state index >= 15 is 8.78 Å². The van der Waals surface area contributed by atoms with Gasteiger partial charge in [0.1, 0.15) is 18.2 Å². The van der Waals surface area contributed by atoms with E-state index in [1.54, 1.807) is 12.3 Å². The van der Waals surface area contributed by atoms with E-state index in [1.165, 1.54) is 17.1 Å². The zero-order valence-corrected chi connectivity index (χ0v) is 20.6. The maximum absolute atomic E-state index is 15.1. The Hall–Kier alpha value is -2.88. The fraction of sp³-hybridized carbons (Fsp3) is 0.583. The first-order chi connectivity index (χ1) is 15.8. The standard InChI is InChI=1S/C24H34F2N8/c1-15(2)18-13-24(25,26)20(10-19(18)34-14-28-32-33-34)30-21-9-16(7-8-27-21)29-17-11-22(3,4)31-23(5,6)12-17/h7-10,13-15,17,20,31H,11-12H2,1-6H3,(H2,27,29,30). The lowest BCUT2D eigenvalue weighted by Gasteiger charge is -2.47. The Labute approximate surface area is 199 Å². The third kappa shape index (κ3) is 5.43. The topological polar surface area (TPSA) is 92.6 Å². The first-order valence-corrected chi connectivity index (χ1v) is 11.7. The number of pyridine rings is 1. The van der Waals surface area contributed by atoms with Crippen LogP contribution >= 0.6 is 0 Å². The summed E-state index contributed by atoms with van der Waals surface area (Å²) in [5.41, 5.74) is 1.87. The van der Waals surface area contributed by atoms with Gasteiger partial charge in [-0.15, -0.1) is 5.10 Å². The van der Waals surface area contributed by atoms with Crippen LogP contribution in [0.2, 0.25) is 0 Å². The predicted molar refractivity (Wildman–Crippen MR) is 130 cm³/mol. The van der Waals surface area contributed by atoms with Crippen LogP contribution < -0.4 is 16.0 Å². The molecular formula is C24H34F2N8. The first kappa shape index (κ1) is 24.3. The second-order valence-electron chi connectivity index (χ2n) is 10.9. The van der Waals surface area contributed by atoms with Crippen LogP contribution in [-0.4, -0.2) is 54.3 Å². The van der Waals surface area contributed by atoms with Crippen molar-refractivity contribution in [2.24, 2.45) is 5.92 Å². The SMILES string of the molecule is CC(C)C1=CC(F)(F)C(Nc2cc(NC3CC(C)(C)NC(C)(C)C3)ccn2)C=C1n1cnnn1. The molecule has 0 spiro atoms. The van der Waals surface area contributed by atoms with E-state index in [0.29, 0.717) is 17.1 Å². The fourth-order valence-corrected chi connectivity index (χ4v) is 5.24. The summed E-state index contributed by atoms with van der Waals surface area (Å²) in [7, 11) is 0. The third-order valence-corrected chi connectivity index (χ3v) is 6.23. The van der Waals surface area contributed by atoms with E-state index in [-0.39, 0.29) is 23.0 Å². The number of allylic oxidation sites excluding steroid dienone is 2. The van der Waals surface area contributed by atoms with Crippen LogP contribution in [0.5, 0.6) is 0 Å². The summed E-state index contributed by atoms with van der Waals surface area (Å²) in [4.78, 5) is 4.30. The van der Waals surface area contributed by atoms with Gasteiger partial charge in [0.25, 0.3) is 5.92 Å². The van der Waals surface area contributed by atoms with E-state index in [0.717, 1.165) is 24.6 Å². The van der Waals surface area contributed by atoms with Crippen molar-refractivity contribution >= 4 is 17.2 Å². The third-order valence-electron chi connectivity index (χ3n) is 6.23. The maximum atomic E-state index is 15.1. The van der Waals surface area contributed by atoms with Crippen LogP contribution in [0.25, 0.3) is 5.70 Å². The number of anilines is 2. The van der Waals surface area contributed by atoms with Crippen LogP contribution in [0.1, 0.15) is 54.4 Å². The van der Waals surface area contributed by atoms with Gasteiger partial charge in [-0.1, -0.05) is 13.8 Å². The van der Waals surface area contributed by atoms with Crippen LogP contribution in [0.3, 0.4) is 0 Å². The lowest BCUT2D eigenvalue weighted by molar-refractivity contribution is 0.0452. The fourth-order valence-electron chi connectivity index (χ4n) is 5.24. The van der Waals surface area contributed by atoms with Crippen molar-refractivity contribution in [3.05, 3.63) is 42.4 Å². The summed E-state index contributed by atoms with van der Waals surface area (Å²) in [6.45, 7) is 12.5. The molecule has 0 amide bonds. The van der Waals surface area contributed by atoms with Gasteiger partial charge < -0.3 is 16.0 Å². The minimum absolute atomic E-state index is 0.00442. The molecule has 0 aromatic carbocycles. The van der Waals surface area contributed by atoms with Gasteiger partial charge in [-0.3, -0.25) is 0 Å². The lowest BCUT2D eigenvalue weighted by Crippen LogP contribution is -2.60. The highest BCUT2D eigenvalue weighted by molar-refractivity contribution is 5.69. The summed E-state index contributed by atoms with van der Waals surface area (Å²) >= 11 is 0. The summed E-state index contributed by atoms with van der Waals surface area (Å²) in [5.74, 6) is -2.85. The highest BCUT2D eigenvalue weighted by Crippen LogP contribution is 2.38. The number of aromatic nitrogens is 5. The number of nitrogens with zero attached hydrogens (tertiary/aromatic N) is 5. The lowest BCUT2D eigenvalue weighted by atomic mass is 9.79. The highest BCUT2D eigenvalue weighted by atomic mass is 19.3. The second-order valence-corrected chi connectivity index (χ2v) is 10.9. The predicted octanol–water partition coefficient (Wildman–Crippen LogP) is 4.34. The molecule has 8 nitrogen and oxygen atoms in total. The van der Waals surface area contributed by atoms with E-state index in [9.17, 15) is 0 Å². The van der Waals surface area contributed by atoms with E-state index in [4.69, 9.17) is 0 Å². The van der Waals surface area contributed by atoms with E-state index in [2.05, 4.69) is 64.2 Å². The van der Waals surface area contributed by atoms with E-state index < -0.39 is 12.0 Å². The molecule has 2 aliphatic rings. The van der Waals surface area contributed by atoms with Gasteiger partial charge in [-0.25, -0.2) is 9.67 Å². The van der Waals surface area contributed by atoms with Crippen LogP contribution in [0.4, 0.5) is 20.3 Å². The average molecular weight is 473 g/mol. The molecule has 34 heavy (non-hydrogen) atoms. The molecule has 1 aliphatic heterocycles. The maximum Gasteiger partial charge on any atom is 0.290 e. The van der Waals surface area contributed by atoms with E-state index in [1.807, 2.05) is 19.9 Å². The largest absolute Gasteiger partial charge is 0.382 e. The molecule has 1 saturated heterocycles. The average Bonchev–Trinajstić information content (AvgIpc) is 3.21. The van der Waals surface area contributed by atoms with Gasteiger partial charge in [0, 0.05) is 35.1 Å². The molecule has 0 bridgehead atoms. The Morgan fingerprint density at radius 2 is 1.82 bits per heavy atom. The Balaban J connectivity index is 1.55. The van der Waals surface area contributed by atoms with Crippen molar-refractivity contribution in [3.8, 4) is 0 Å². The molecule has 2 aromatic heterocycles. The van der Waals surface area contributed by atoms with Crippen LogP contribution in [-0.2, 0) is 0 Å². The van der Waals surface area contributed by atoms with Crippen LogP contribution in [0, 0.1) is 5.92 Å². The van der Waals surface area contributed by atoms with Crippen molar-refractivity contribution in [1.82, 2.24) is 30.5 Å². The van der Waals surface area contributed by atoms with Crippen molar-refractivity contribution < 1.29 is 8.78 Å². The summed E-state index contributed by atoms with van der Waals surface area (Å²) in [6, 6.07) is 2.60. The molecule has 3 N–H and O–H groups in total. The Morgan fingerprint density at radius 3 is 2.44 bits per heavy atom. The number of nitrogens with one attached hydrogen (secondary N) is 3. The Morgan fingerprint density at radius 1 is 1.12 bits per heavy atom. The monoisotopic (exact) mass is 472 g/mol. The molecule has 1 unspecified atom stereocenters. The van der Waals surface area contributed by atoms with Crippen molar-refractivity contribution in [1.29, 1.82) is 0 Å². The van der Waals surface area contributed by atoms with Crippen molar-refractivity contribution in [2.75, 3.05) is 10.6 Å². The number of piperidine rings is 1. The van der Waals surface area contributed by atoms with Crippen LogP contribution in [0.15, 0.2) is 42.4 Å². The van der Waals surface area contributed by atoms with Gasteiger partial charge >= 0.3 is 0 Å². The number of rotatable bonds is 6. The molecule has 1 fully saturated rings. The first-order valence-electron chi connectivity index (χ1n) is 11.7. The quantitative estimate of drug-likeness (QED) is 0.576. The van der Waals surface area contributed by atoms with Gasteiger partial charge in [0.2, 0.25) is 0 Å². The highest BCUT2D eigenvalue weighted by Gasteiger charge is 2.42. The molecule has 1 aliphatic carbocycles. The number of hydrogen-bond donors (Lipinski definition) is 3. The summed E-state index contributed by atoms with van der Waals surface area (Å²) in [5, 5.41) is 21.4. The number of tetrazole rings is 1. The minimum Gasteiger partial charge on any atom is -0.382 e. The molecule has 3 heterocycles. The van der Waals surface area contributed by atoms with Gasteiger partial charge in [-0.2, -0.15) is 8.78 Å². The zero-order chi connectivity index (χ0) is 24.7. The summed E-state index contributed by atoms with van der Waals surface area (Å²) < 4.78 is 31.7. The normalized spacial score (nSPS) is 23.9. The summed E-state index contributed by atoms with van der Waals surface area (Å²) in [6.07, 6.45) is 7.42. The number of hydrogen-bond acceptors (Lipinski definition) is 7. The minimum atomic E-state index is -3.11. The Bertz CT molecular complexity index is 1060. The molecule has 0 saturated carbocycles. The molecule has 1 atom stereocenters. The number of halogens is 2. The van der Waals surface area contributed by atoms with Gasteiger partial charge in [-0.05, 0) is 80.7 Å². The van der Waals surface area contributed by atoms with Gasteiger partial charge in [0.05, 0.1) is 5.70 Å². The second kappa shape index (κ2) is 8.72. The molecule has 0 radical (unpaired) electrons.